The summed E-state index contributed by atoms with van der Waals surface area (Å²) in [5.74, 6) is 0.226. The van der Waals surface area contributed by atoms with Gasteiger partial charge >= 0.3 is 5.97 Å². The van der Waals surface area contributed by atoms with E-state index in [1.807, 2.05) is 6.08 Å². The van der Waals surface area contributed by atoms with E-state index in [2.05, 4.69) is 40.4 Å². The first-order valence-electron chi connectivity index (χ1n) is 9.54. The van der Waals surface area contributed by atoms with E-state index >= 15 is 0 Å². The fourth-order valence-corrected chi connectivity index (χ4v) is 6.36. The van der Waals surface area contributed by atoms with Crippen LogP contribution < -0.4 is 0 Å². The number of ether oxygens (including phenoxy) is 1. The summed E-state index contributed by atoms with van der Waals surface area (Å²) in [5, 5.41) is 0.103. The number of hydrogen-bond donors (Lipinski definition) is 0. The molecule has 0 bridgehead atoms. The van der Waals surface area contributed by atoms with E-state index in [-0.39, 0.29) is 46.2 Å². The molecule has 0 N–H and O–H groups in total. The first-order valence-corrected chi connectivity index (χ1v) is 12.4. The normalized spacial score (nSPS) is 38.3. The Morgan fingerprint density at radius 2 is 2.00 bits per heavy atom. The summed E-state index contributed by atoms with van der Waals surface area (Å²) < 4.78 is 12.5. The van der Waals surface area contributed by atoms with Gasteiger partial charge in [0.25, 0.3) is 0 Å². The molecule has 140 valence electrons. The highest BCUT2D eigenvalue weighted by molar-refractivity contribution is 6.74. The lowest BCUT2D eigenvalue weighted by molar-refractivity contribution is -0.151. The van der Waals surface area contributed by atoms with Crippen LogP contribution in [0.3, 0.4) is 0 Å². The molecule has 1 aliphatic heterocycles. The zero-order valence-electron chi connectivity index (χ0n) is 16.3. The van der Waals surface area contributed by atoms with Gasteiger partial charge < -0.3 is 9.16 Å². The molecule has 2 saturated carbocycles. The highest BCUT2D eigenvalue weighted by atomic mass is 28.4. The average molecular weight is 365 g/mol. The fourth-order valence-electron chi connectivity index (χ4n) is 5.00. The minimum absolute atomic E-state index is 0.0817. The molecule has 1 heterocycles. The number of ketones is 1. The van der Waals surface area contributed by atoms with Crippen LogP contribution in [0.1, 0.15) is 52.9 Å². The van der Waals surface area contributed by atoms with Gasteiger partial charge in [0.15, 0.2) is 8.32 Å². The van der Waals surface area contributed by atoms with E-state index in [0.29, 0.717) is 19.3 Å². The molecule has 1 saturated heterocycles. The van der Waals surface area contributed by atoms with E-state index < -0.39 is 8.32 Å². The number of Topliss-reactive ketones (excluding diaryl/α,β-unsaturated/α-hetero) is 1. The van der Waals surface area contributed by atoms with Gasteiger partial charge in [-0.25, -0.2) is 0 Å². The predicted octanol–water partition coefficient (Wildman–Crippen LogP) is 4.25. The summed E-state index contributed by atoms with van der Waals surface area (Å²) in [7, 11) is -1.98. The fraction of sp³-hybridized carbons (Fsp3) is 0.800. The lowest BCUT2D eigenvalue weighted by atomic mass is 9.60. The molecule has 3 fully saturated rings. The molecular weight excluding hydrogens is 332 g/mol. The zero-order chi connectivity index (χ0) is 18.6. The molecule has 0 aromatic carbocycles. The van der Waals surface area contributed by atoms with Crippen LogP contribution in [0.25, 0.3) is 0 Å². The van der Waals surface area contributed by atoms with Crippen molar-refractivity contribution >= 4 is 20.1 Å². The van der Waals surface area contributed by atoms with Crippen LogP contribution >= 0.6 is 0 Å². The molecule has 2 aliphatic carbocycles. The molecule has 5 heteroatoms. The van der Waals surface area contributed by atoms with E-state index in [1.165, 1.54) is 0 Å². The molecule has 0 unspecified atom stereocenters. The molecule has 25 heavy (non-hydrogen) atoms. The third kappa shape index (κ3) is 2.83. The summed E-state index contributed by atoms with van der Waals surface area (Å²) in [5.41, 5.74) is -0.367. The summed E-state index contributed by atoms with van der Waals surface area (Å²) in [6.07, 6.45) is 4.87. The lowest BCUT2D eigenvalue weighted by Gasteiger charge is -2.49. The molecule has 0 aromatic heterocycles. The van der Waals surface area contributed by atoms with E-state index in [1.54, 1.807) is 0 Å². The van der Waals surface area contributed by atoms with Gasteiger partial charge in [0.1, 0.15) is 11.9 Å². The number of esters is 1. The second-order valence-electron chi connectivity index (χ2n) is 9.64. The molecule has 3 aliphatic rings. The standard InChI is InChI=1S/C20H32O4Si/c1-7-8-14-15(21)11-13-9-10-16(24-25(5,6)19(2,3)4)18-20(13,14)12-17(22)23-18/h7,13-14,16,18H,1,8-12H2,2-6H3/t13-,14-,16-,18+,20-/m0/s1. The first kappa shape index (κ1) is 18.8. The molecule has 4 nitrogen and oxygen atoms in total. The number of carbonyl (C=O) groups excluding carboxylic acids is 2. The summed E-state index contributed by atoms with van der Waals surface area (Å²) in [6, 6.07) is 0. The number of hydrogen-bond acceptors (Lipinski definition) is 4. The van der Waals surface area contributed by atoms with E-state index in [0.717, 1.165) is 12.8 Å². The van der Waals surface area contributed by atoms with Crippen molar-refractivity contribution in [1.82, 2.24) is 0 Å². The van der Waals surface area contributed by atoms with Gasteiger partial charge in [-0.15, -0.1) is 6.58 Å². The summed E-state index contributed by atoms with van der Waals surface area (Å²) in [4.78, 5) is 25.0. The predicted molar refractivity (Wildman–Crippen MR) is 99.7 cm³/mol. The minimum atomic E-state index is -1.98. The quantitative estimate of drug-likeness (QED) is 0.425. The second-order valence-corrected chi connectivity index (χ2v) is 14.4. The highest BCUT2D eigenvalue weighted by Crippen LogP contribution is 2.62. The SMILES string of the molecule is C=CC[C@H]1C(=O)C[C@@H]2CC[C@H](O[Si](C)(C)C(C)(C)C)[C@H]3OC(=O)C[C@@]231. The molecular formula is C20H32O4Si. The monoisotopic (exact) mass is 364 g/mol. The summed E-state index contributed by atoms with van der Waals surface area (Å²) >= 11 is 0. The Balaban J connectivity index is 1.95. The van der Waals surface area contributed by atoms with E-state index in [4.69, 9.17) is 9.16 Å². The minimum Gasteiger partial charge on any atom is -0.459 e. The van der Waals surface area contributed by atoms with Crippen LogP contribution in [-0.4, -0.2) is 32.3 Å². The number of rotatable bonds is 4. The van der Waals surface area contributed by atoms with Crippen LogP contribution in [0.4, 0.5) is 0 Å². The van der Waals surface area contributed by atoms with Gasteiger partial charge in [-0.1, -0.05) is 26.8 Å². The maximum Gasteiger partial charge on any atom is 0.306 e. The molecule has 5 atom stereocenters. The third-order valence-electron chi connectivity index (χ3n) is 7.28. The van der Waals surface area contributed by atoms with Gasteiger partial charge in [0.2, 0.25) is 0 Å². The Morgan fingerprint density at radius 3 is 2.60 bits per heavy atom. The summed E-state index contributed by atoms with van der Waals surface area (Å²) in [6.45, 7) is 15.0. The van der Waals surface area contributed by atoms with Gasteiger partial charge in [0.05, 0.1) is 12.5 Å². The van der Waals surface area contributed by atoms with Crippen molar-refractivity contribution in [3.05, 3.63) is 12.7 Å². The number of allylic oxidation sites excluding steroid dienone is 1. The van der Waals surface area contributed by atoms with Crippen molar-refractivity contribution in [3.63, 3.8) is 0 Å². The van der Waals surface area contributed by atoms with Crippen molar-refractivity contribution in [2.75, 3.05) is 0 Å². The Kier molecular flexibility index (Phi) is 4.56. The molecule has 0 amide bonds. The zero-order valence-corrected chi connectivity index (χ0v) is 17.3. The number of carbonyl (C=O) groups is 2. The van der Waals surface area contributed by atoms with Crippen molar-refractivity contribution in [2.24, 2.45) is 17.3 Å². The van der Waals surface area contributed by atoms with E-state index in [9.17, 15) is 9.59 Å². The average Bonchev–Trinajstić information content (AvgIpc) is 2.96. The van der Waals surface area contributed by atoms with Crippen molar-refractivity contribution < 1.29 is 18.8 Å². The van der Waals surface area contributed by atoms with Crippen molar-refractivity contribution in [3.8, 4) is 0 Å². The highest BCUT2D eigenvalue weighted by Gasteiger charge is 2.67. The van der Waals surface area contributed by atoms with Crippen molar-refractivity contribution in [1.29, 1.82) is 0 Å². The molecule has 1 spiro atoms. The third-order valence-corrected chi connectivity index (χ3v) is 11.8. The van der Waals surface area contributed by atoms with Gasteiger partial charge in [-0.05, 0) is 43.3 Å². The van der Waals surface area contributed by atoms with Crippen LogP contribution in [0.15, 0.2) is 12.7 Å². The molecule has 3 rings (SSSR count). The maximum atomic E-state index is 12.7. The topological polar surface area (TPSA) is 52.6 Å². The largest absolute Gasteiger partial charge is 0.459 e. The molecule has 0 aromatic rings. The van der Waals surface area contributed by atoms with Crippen LogP contribution in [-0.2, 0) is 18.8 Å². The Bertz CT molecular complexity index is 591. The van der Waals surface area contributed by atoms with Crippen LogP contribution in [0.5, 0.6) is 0 Å². The van der Waals surface area contributed by atoms with Crippen molar-refractivity contribution in [2.45, 2.75) is 83.2 Å². The lowest BCUT2D eigenvalue weighted by Crippen LogP contribution is -2.55. The van der Waals surface area contributed by atoms with Crippen LogP contribution in [0.2, 0.25) is 18.1 Å². The van der Waals surface area contributed by atoms with Gasteiger partial charge in [-0.2, -0.15) is 0 Å². The maximum absolute atomic E-state index is 12.7. The smallest absolute Gasteiger partial charge is 0.306 e. The first-order chi connectivity index (χ1) is 11.5. The Morgan fingerprint density at radius 1 is 1.32 bits per heavy atom. The Hall–Kier alpha value is -0.943. The van der Waals surface area contributed by atoms with Gasteiger partial charge in [0, 0.05) is 17.8 Å². The van der Waals surface area contributed by atoms with Crippen LogP contribution in [0, 0.1) is 17.3 Å². The molecule has 0 radical (unpaired) electrons. The Labute approximate surface area is 152 Å². The second kappa shape index (κ2) is 6.05. The van der Waals surface area contributed by atoms with Gasteiger partial charge in [-0.3, -0.25) is 9.59 Å².